The van der Waals surface area contributed by atoms with Crippen molar-refractivity contribution in [2.75, 3.05) is 5.43 Å². The van der Waals surface area contributed by atoms with Crippen LogP contribution in [0.3, 0.4) is 0 Å². The number of nitrogens with zero attached hydrogens (tertiary/aromatic N) is 2. The van der Waals surface area contributed by atoms with Crippen molar-refractivity contribution in [3.05, 3.63) is 46.0 Å². The Labute approximate surface area is 106 Å². The van der Waals surface area contributed by atoms with Crippen LogP contribution in [-0.2, 0) is 13.0 Å². The van der Waals surface area contributed by atoms with E-state index >= 15 is 0 Å². The Morgan fingerprint density at radius 2 is 2.18 bits per heavy atom. The van der Waals surface area contributed by atoms with E-state index in [2.05, 4.69) is 41.6 Å². The maximum atomic E-state index is 5.17. The number of benzene rings is 1. The van der Waals surface area contributed by atoms with Crippen LogP contribution in [0.2, 0.25) is 0 Å². The Morgan fingerprint density at radius 1 is 1.41 bits per heavy atom. The fraction of sp³-hybridized carbons (Fsp3) is 0.333. The molecule has 17 heavy (non-hydrogen) atoms. The molecule has 0 aliphatic heterocycles. The van der Waals surface area contributed by atoms with Crippen LogP contribution < -0.4 is 5.43 Å². The van der Waals surface area contributed by atoms with Crippen LogP contribution in [0.4, 0.5) is 0 Å². The zero-order valence-electron chi connectivity index (χ0n) is 10.0. The Balaban J connectivity index is 2.15. The first-order valence-corrected chi connectivity index (χ1v) is 6.08. The van der Waals surface area contributed by atoms with Gasteiger partial charge in [-0.1, -0.05) is 31.2 Å². The molecule has 0 aliphatic carbocycles. The molecular formula is C12H16N4S. The fourth-order valence-electron chi connectivity index (χ4n) is 1.70. The number of H-pyrrole nitrogens is 1. The summed E-state index contributed by atoms with van der Waals surface area (Å²) < 4.78 is 2.44. The highest BCUT2D eigenvalue weighted by Crippen LogP contribution is 2.07. The van der Waals surface area contributed by atoms with Gasteiger partial charge in [-0.2, -0.15) is 5.10 Å². The van der Waals surface area contributed by atoms with E-state index in [0.29, 0.717) is 4.77 Å². The van der Waals surface area contributed by atoms with E-state index in [1.807, 2.05) is 16.8 Å². The molecule has 2 aromatic rings. The summed E-state index contributed by atoms with van der Waals surface area (Å²) in [7, 11) is 0. The van der Waals surface area contributed by atoms with Crippen molar-refractivity contribution < 1.29 is 0 Å². The number of hydrogen-bond acceptors (Lipinski definition) is 3. The van der Waals surface area contributed by atoms with E-state index in [1.54, 1.807) is 0 Å². The number of nitrogens with one attached hydrogen (secondary N) is 2. The molecule has 4 nitrogen and oxygen atoms in total. The minimum absolute atomic E-state index is 0.607. The Morgan fingerprint density at radius 3 is 2.88 bits per heavy atom. The largest absolute Gasteiger partial charge is 0.318 e. The minimum atomic E-state index is 0.607. The number of aromatic nitrogens is 3. The second-order valence-corrected chi connectivity index (χ2v) is 4.28. The van der Waals surface area contributed by atoms with Crippen LogP contribution in [0.5, 0.6) is 0 Å². The van der Waals surface area contributed by atoms with Crippen LogP contribution in [-0.4, -0.2) is 14.9 Å². The predicted molar refractivity (Wildman–Crippen MR) is 71.0 cm³/mol. The molecule has 0 atom stereocenters. The van der Waals surface area contributed by atoms with E-state index < -0.39 is 0 Å². The van der Waals surface area contributed by atoms with Crippen molar-refractivity contribution in [1.82, 2.24) is 14.9 Å². The first-order chi connectivity index (χ1) is 8.22. The smallest absolute Gasteiger partial charge is 0.214 e. The molecule has 2 N–H and O–H groups in total. The normalized spacial score (nSPS) is 10.5. The topological polar surface area (TPSA) is 45.6 Å². The van der Waals surface area contributed by atoms with E-state index in [9.17, 15) is 0 Å². The summed E-state index contributed by atoms with van der Waals surface area (Å²) in [5.41, 5.74) is 5.82. The zero-order chi connectivity index (χ0) is 12.3. The molecule has 0 saturated heterocycles. The molecule has 90 valence electrons. The number of rotatable bonds is 4. The summed E-state index contributed by atoms with van der Waals surface area (Å²) in [5, 5.41) is 6.94. The summed E-state index contributed by atoms with van der Waals surface area (Å²) in [4.78, 5) is 0. The van der Waals surface area contributed by atoms with Crippen LogP contribution in [0.15, 0.2) is 24.3 Å². The van der Waals surface area contributed by atoms with Gasteiger partial charge in [0.05, 0.1) is 6.54 Å². The first kappa shape index (κ1) is 11.9. The zero-order valence-corrected chi connectivity index (χ0v) is 10.8. The standard InChI is InChI=1S/C12H16N4S/c1-3-11-14-15-12(17)16(11)13-8-10-7-5-4-6-9(10)2/h4-7,13H,3,8H2,1-2H3,(H,15,17). The number of hydrogen-bond donors (Lipinski definition) is 2. The van der Waals surface area contributed by atoms with Gasteiger partial charge in [0.25, 0.3) is 0 Å². The van der Waals surface area contributed by atoms with E-state index in [1.165, 1.54) is 11.1 Å². The van der Waals surface area contributed by atoms with E-state index in [0.717, 1.165) is 18.8 Å². The number of aryl methyl sites for hydroxylation is 2. The van der Waals surface area contributed by atoms with Crippen molar-refractivity contribution in [2.24, 2.45) is 0 Å². The molecule has 2 rings (SSSR count). The lowest BCUT2D eigenvalue weighted by Gasteiger charge is -2.10. The Kier molecular flexibility index (Phi) is 3.58. The van der Waals surface area contributed by atoms with Gasteiger partial charge < -0.3 is 5.43 Å². The van der Waals surface area contributed by atoms with Gasteiger partial charge >= 0.3 is 0 Å². The summed E-state index contributed by atoms with van der Waals surface area (Å²) in [6.07, 6.45) is 0.841. The van der Waals surface area contributed by atoms with Gasteiger partial charge in [0.1, 0.15) is 0 Å². The third-order valence-corrected chi connectivity index (χ3v) is 3.02. The van der Waals surface area contributed by atoms with Crippen LogP contribution in [0, 0.1) is 11.7 Å². The van der Waals surface area contributed by atoms with Crippen molar-refractivity contribution in [3.63, 3.8) is 0 Å². The third kappa shape index (κ3) is 2.55. The van der Waals surface area contributed by atoms with Gasteiger partial charge in [-0.25, -0.2) is 4.68 Å². The van der Waals surface area contributed by atoms with E-state index in [4.69, 9.17) is 12.2 Å². The molecule has 0 unspecified atom stereocenters. The lowest BCUT2D eigenvalue weighted by molar-refractivity contribution is 0.762. The highest BCUT2D eigenvalue weighted by atomic mass is 32.1. The fourth-order valence-corrected chi connectivity index (χ4v) is 1.92. The second kappa shape index (κ2) is 5.14. The molecule has 1 aromatic heterocycles. The van der Waals surface area contributed by atoms with E-state index in [-0.39, 0.29) is 0 Å². The van der Waals surface area contributed by atoms with Gasteiger partial charge in [-0.05, 0) is 30.3 Å². The maximum Gasteiger partial charge on any atom is 0.214 e. The van der Waals surface area contributed by atoms with Crippen molar-refractivity contribution in [3.8, 4) is 0 Å². The quantitative estimate of drug-likeness (QED) is 0.817. The average molecular weight is 248 g/mol. The lowest BCUT2D eigenvalue weighted by Crippen LogP contribution is -2.17. The first-order valence-electron chi connectivity index (χ1n) is 5.67. The SMILES string of the molecule is CCc1n[nH]c(=S)n1NCc1ccccc1C. The van der Waals surface area contributed by atoms with Gasteiger partial charge in [0.15, 0.2) is 5.82 Å². The molecule has 0 spiro atoms. The van der Waals surface area contributed by atoms with Crippen molar-refractivity contribution >= 4 is 12.2 Å². The molecule has 1 aromatic carbocycles. The third-order valence-electron chi connectivity index (χ3n) is 2.75. The highest BCUT2D eigenvalue weighted by molar-refractivity contribution is 7.71. The Hall–Kier alpha value is -1.62. The lowest BCUT2D eigenvalue weighted by atomic mass is 10.1. The summed E-state index contributed by atoms with van der Waals surface area (Å²) in [6.45, 7) is 4.90. The minimum Gasteiger partial charge on any atom is -0.318 e. The molecular weight excluding hydrogens is 232 g/mol. The molecule has 0 saturated carbocycles. The van der Waals surface area contributed by atoms with Crippen molar-refractivity contribution in [1.29, 1.82) is 0 Å². The van der Waals surface area contributed by atoms with Crippen molar-refractivity contribution in [2.45, 2.75) is 26.8 Å². The summed E-state index contributed by atoms with van der Waals surface area (Å²) >= 11 is 5.17. The van der Waals surface area contributed by atoms with Gasteiger partial charge in [-0.15, -0.1) is 0 Å². The van der Waals surface area contributed by atoms with Crippen LogP contribution in [0.1, 0.15) is 23.9 Å². The maximum absolute atomic E-state index is 5.17. The molecule has 0 amide bonds. The van der Waals surface area contributed by atoms with Gasteiger partial charge in [0.2, 0.25) is 4.77 Å². The molecule has 0 aliphatic rings. The molecule has 0 bridgehead atoms. The molecule has 1 heterocycles. The van der Waals surface area contributed by atoms with Gasteiger partial charge in [0, 0.05) is 6.42 Å². The molecule has 0 fully saturated rings. The predicted octanol–water partition coefficient (Wildman–Crippen LogP) is 2.56. The van der Waals surface area contributed by atoms with Crippen LogP contribution >= 0.6 is 12.2 Å². The van der Waals surface area contributed by atoms with Gasteiger partial charge in [-0.3, -0.25) is 5.10 Å². The Bertz CT molecular complexity index is 556. The summed E-state index contributed by atoms with van der Waals surface area (Å²) in [6, 6.07) is 8.29. The molecule has 0 radical (unpaired) electrons. The molecule has 5 heteroatoms. The number of aromatic amines is 1. The van der Waals surface area contributed by atoms with Crippen LogP contribution in [0.25, 0.3) is 0 Å². The highest BCUT2D eigenvalue weighted by Gasteiger charge is 2.03. The average Bonchev–Trinajstić information content (AvgIpc) is 2.69. The monoisotopic (exact) mass is 248 g/mol. The summed E-state index contributed by atoms with van der Waals surface area (Å²) in [5.74, 6) is 0.920. The second-order valence-electron chi connectivity index (χ2n) is 3.90.